The number of rotatable bonds is 2. The van der Waals surface area contributed by atoms with Crippen molar-refractivity contribution in [2.45, 2.75) is 0 Å². The lowest BCUT2D eigenvalue weighted by atomic mass is 10.2. The Morgan fingerprint density at radius 2 is 1.44 bits per heavy atom. The van der Waals surface area contributed by atoms with Crippen molar-refractivity contribution in [2.75, 3.05) is 0 Å². The number of nitrogens with zero attached hydrogens (tertiary/aromatic N) is 1. The van der Waals surface area contributed by atoms with Crippen LogP contribution in [-0.2, 0) is 9.59 Å². The number of hydrogen-bond acceptors (Lipinski definition) is 3. The van der Waals surface area contributed by atoms with Crippen molar-refractivity contribution < 1.29 is 41.7 Å². The molecule has 2 rings (SSSR count). The lowest BCUT2D eigenvalue weighted by Crippen LogP contribution is -1.97. The van der Waals surface area contributed by atoms with E-state index in [0.717, 1.165) is 0 Å². The molecule has 0 aromatic heterocycles. The molecule has 0 saturated carbocycles. The molecule has 0 bridgehead atoms. The van der Waals surface area contributed by atoms with E-state index in [1.807, 2.05) is 0 Å². The molecule has 0 aromatic carbocycles. The highest BCUT2D eigenvalue weighted by Gasteiger charge is 2.23. The summed E-state index contributed by atoms with van der Waals surface area (Å²) in [6, 6.07) is 0. The minimum Gasteiger partial charge on any atom is -0.478 e. The number of carboxylic acids is 2. The normalized spacial score (nSPS) is 14.0. The highest BCUT2D eigenvalue weighted by Crippen LogP contribution is 2.24. The number of aliphatic carboxylic acids is 2. The van der Waals surface area contributed by atoms with Crippen LogP contribution in [0.1, 0.15) is 0 Å². The molecular formula is C9H13NO8. The number of aliphatic imine (C=N–C) groups is 1. The van der Waals surface area contributed by atoms with E-state index in [2.05, 4.69) is 4.99 Å². The Labute approximate surface area is 100 Å². The second kappa shape index (κ2) is 7.09. The van der Waals surface area contributed by atoms with Crippen LogP contribution < -0.4 is 0 Å². The van der Waals surface area contributed by atoms with Crippen molar-refractivity contribution in [1.29, 1.82) is 0 Å². The Hall–Kier alpha value is -2.33. The van der Waals surface area contributed by atoms with Crippen LogP contribution in [0.4, 0.5) is 0 Å². The predicted molar refractivity (Wildman–Crippen MR) is 61.4 cm³/mol. The van der Waals surface area contributed by atoms with Gasteiger partial charge in [-0.1, -0.05) is 0 Å². The smallest absolute Gasteiger partial charge is 0.354 e. The van der Waals surface area contributed by atoms with Crippen LogP contribution in [0, 0.1) is 0 Å². The van der Waals surface area contributed by atoms with Gasteiger partial charge in [0.1, 0.15) is 5.70 Å². The molecule has 0 radical (unpaired) electrons. The van der Waals surface area contributed by atoms with Crippen LogP contribution in [0.2, 0.25) is 0 Å². The summed E-state index contributed by atoms with van der Waals surface area (Å²) in [5, 5.41) is 17.2. The number of hydrogen-bond donors (Lipinski definition) is 2. The van der Waals surface area contributed by atoms with Crippen LogP contribution in [0.5, 0.6) is 0 Å². The summed E-state index contributed by atoms with van der Waals surface area (Å²) in [5.41, 5.74) is 1.01. The minimum atomic E-state index is -1.11. The van der Waals surface area contributed by atoms with Gasteiger partial charge in [0.25, 0.3) is 0 Å². The third-order valence-electron chi connectivity index (χ3n) is 1.90. The summed E-state index contributed by atoms with van der Waals surface area (Å²) in [6.45, 7) is 0. The summed E-state index contributed by atoms with van der Waals surface area (Å²) < 4.78 is 0. The second-order valence-electron chi connectivity index (χ2n) is 2.84. The lowest BCUT2D eigenvalue weighted by Gasteiger charge is -1.88. The van der Waals surface area contributed by atoms with Gasteiger partial charge in [-0.2, -0.15) is 0 Å². The maximum atomic E-state index is 10.5. The molecule has 0 unspecified atom stereocenters. The summed E-state index contributed by atoms with van der Waals surface area (Å²) in [6.07, 6.45) is 4.10. The van der Waals surface area contributed by atoms with Gasteiger partial charge in [0, 0.05) is 5.57 Å². The molecule has 1 aliphatic heterocycles. The van der Waals surface area contributed by atoms with E-state index in [0.29, 0.717) is 11.3 Å². The Balaban J connectivity index is -0.000000562. The van der Waals surface area contributed by atoms with E-state index in [4.69, 9.17) is 10.2 Å². The van der Waals surface area contributed by atoms with Gasteiger partial charge in [-0.25, -0.2) is 14.6 Å². The van der Waals surface area contributed by atoms with E-state index >= 15 is 0 Å². The fraction of sp³-hybridized carbons (Fsp3) is 0. The Morgan fingerprint density at radius 1 is 0.889 bits per heavy atom. The van der Waals surface area contributed by atoms with Crippen LogP contribution in [0.3, 0.4) is 0 Å². The first-order valence-electron chi connectivity index (χ1n) is 3.78. The van der Waals surface area contributed by atoms with E-state index in [1.165, 1.54) is 18.2 Å². The van der Waals surface area contributed by atoms with Gasteiger partial charge in [-0.15, -0.1) is 0 Å². The van der Waals surface area contributed by atoms with Gasteiger partial charge in [0.2, 0.25) is 0 Å². The number of carboxylic acid groups (broad SMARTS) is 2. The molecule has 1 heterocycles. The number of allylic oxidation sites excluding steroid dienone is 3. The van der Waals surface area contributed by atoms with Crippen LogP contribution in [0.15, 0.2) is 40.1 Å². The van der Waals surface area contributed by atoms with E-state index in [-0.39, 0.29) is 33.2 Å². The van der Waals surface area contributed by atoms with E-state index in [1.54, 1.807) is 0 Å². The summed E-state index contributed by atoms with van der Waals surface area (Å²) in [4.78, 5) is 24.8. The van der Waals surface area contributed by atoms with Crippen molar-refractivity contribution in [3.63, 3.8) is 0 Å². The fourth-order valence-electron chi connectivity index (χ4n) is 1.27. The zero-order chi connectivity index (χ0) is 10.3. The van der Waals surface area contributed by atoms with Gasteiger partial charge in [-0.05, 0) is 18.2 Å². The number of fused-ring (bicyclic) bond motifs is 1. The molecule has 102 valence electrons. The molecule has 0 atom stereocenters. The van der Waals surface area contributed by atoms with Crippen molar-refractivity contribution in [3.05, 3.63) is 35.1 Å². The Kier molecular flexibility index (Phi) is 8.27. The molecule has 0 aromatic rings. The van der Waals surface area contributed by atoms with Gasteiger partial charge >= 0.3 is 11.9 Å². The zero-order valence-electron chi connectivity index (χ0n) is 8.89. The highest BCUT2D eigenvalue weighted by atomic mass is 16.4. The van der Waals surface area contributed by atoms with Gasteiger partial charge in [0.15, 0.2) is 0 Å². The average Bonchev–Trinajstić information content (AvgIpc) is 2.57. The Morgan fingerprint density at radius 3 is 1.83 bits per heavy atom. The number of carbonyl (C=O) groups is 2. The first-order valence-corrected chi connectivity index (χ1v) is 3.78. The van der Waals surface area contributed by atoms with Gasteiger partial charge < -0.3 is 32.1 Å². The maximum absolute atomic E-state index is 10.5. The fourth-order valence-corrected chi connectivity index (χ4v) is 1.27. The van der Waals surface area contributed by atoms with E-state index in [9.17, 15) is 9.59 Å². The largest absolute Gasteiger partial charge is 0.478 e. The summed E-state index contributed by atoms with van der Waals surface area (Å²) >= 11 is 0. The van der Waals surface area contributed by atoms with Crippen molar-refractivity contribution in [2.24, 2.45) is 4.99 Å². The lowest BCUT2D eigenvalue weighted by molar-refractivity contribution is -0.133. The maximum Gasteiger partial charge on any atom is 0.354 e. The van der Waals surface area contributed by atoms with Crippen LogP contribution in [0.25, 0.3) is 0 Å². The third-order valence-corrected chi connectivity index (χ3v) is 1.90. The third kappa shape index (κ3) is 3.33. The van der Waals surface area contributed by atoms with Crippen molar-refractivity contribution in [3.8, 4) is 0 Å². The van der Waals surface area contributed by atoms with Crippen LogP contribution in [-0.4, -0.2) is 49.8 Å². The van der Waals surface area contributed by atoms with E-state index < -0.39 is 11.9 Å². The van der Waals surface area contributed by atoms with Gasteiger partial charge in [0.05, 0.1) is 11.3 Å². The van der Waals surface area contributed by atoms with Gasteiger partial charge in [-0.3, -0.25) is 0 Å². The molecule has 0 saturated heterocycles. The molecule has 0 spiro atoms. The van der Waals surface area contributed by atoms with Crippen molar-refractivity contribution in [1.82, 2.24) is 0 Å². The first kappa shape index (κ1) is 21.0. The molecule has 1 aliphatic carbocycles. The first-order chi connectivity index (χ1) is 6.58. The standard InChI is InChI=1S/C9H5NO4.4H2O/c11-8(12)5-1-4-2-7(9(13)14)10-6(4)3-5;;;;/h1-3H,(H,11,12)(H,13,14);4*1H2. The molecule has 18 heavy (non-hydrogen) atoms. The molecule has 10 N–H and O–H groups in total. The predicted octanol–water partition coefficient (Wildman–Crippen LogP) is -2.94. The average molecular weight is 263 g/mol. The quantitative estimate of drug-likeness (QED) is 0.534. The minimum absolute atomic E-state index is 0. The Bertz CT molecular complexity index is 427. The SMILES string of the molecule is O.O.O.O.O=C(O)C1=CC2=NC(C(=O)O)=CC2=C1. The highest BCUT2D eigenvalue weighted by molar-refractivity contribution is 6.22. The summed E-state index contributed by atoms with van der Waals surface area (Å²) in [7, 11) is 0. The molecule has 9 nitrogen and oxygen atoms in total. The topological polar surface area (TPSA) is 213 Å². The molecule has 0 fully saturated rings. The second-order valence-corrected chi connectivity index (χ2v) is 2.84. The summed E-state index contributed by atoms with van der Waals surface area (Å²) in [5.74, 6) is -2.15. The van der Waals surface area contributed by atoms with Crippen molar-refractivity contribution >= 4 is 17.7 Å². The molecular weight excluding hydrogens is 250 g/mol. The zero-order valence-corrected chi connectivity index (χ0v) is 8.89. The monoisotopic (exact) mass is 263 g/mol. The molecule has 0 amide bonds. The van der Waals surface area contributed by atoms with Crippen LogP contribution >= 0.6 is 0 Å². The molecule has 2 aliphatic rings. The molecule has 9 heteroatoms.